The molecule has 33 heavy (non-hydrogen) atoms. The SMILES string of the molecule is CCO.O=C(O)c1ccccc1O.O=C(O)c1ccccc1O.O=C(O)c1ccccc1O. The van der Waals surface area contributed by atoms with E-state index in [-0.39, 0.29) is 40.5 Å². The van der Waals surface area contributed by atoms with Gasteiger partial charge in [0, 0.05) is 6.61 Å². The number of aromatic hydroxyl groups is 3. The number of hydrogen-bond acceptors (Lipinski definition) is 7. The standard InChI is InChI=1S/3C7H6O3.C2H6O/c3*8-6-4-2-1-3-5(6)7(9)10;1-2-3/h3*1-4,8H,(H,9,10);3H,2H2,1H3. The van der Waals surface area contributed by atoms with Crippen molar-refractivity contribution in [2.75, 3.05) is 6.61 Å². The van der Waals surface area contributed by atoms with Gasteiger partial charge in [-0.05, 0) is 43.3 Å². The number of phenols is 3. The zero-order chi connectivity index (χ0) is 25.4. The van der Waals surface area contributed by atoms with Crippen LogP contribution in [-0.4, -0.2) is 60.3 Å². The van der Waals surface area contributed by atoms with Crippen LogP contribution in [0.15, 0.2) is 72.8 Å². The lowest BCUT2D eigenvalue weighted by atomic mass is 10.2. The number of para-hydroxylation sites is 3. The average molecular weight is 460 g/mol. The molecular formula is C23H24O10. The van der Waals surface area contributed by atoms with Gasteiger partial charge in [-0.1, -0.05) is 36.4 Å². The summed E-state index contributed by atoms with van der Waals surface area (Å²) in [5.74, 6) is -3.94. The third-order valence-corrected chi connectivity index (χ3v) is 3.40. The Morgan fingerprint density at radius 3 is 0.848 bits per heavy atom. The molecule has 3 aromatic rings. The molecule has 0 radical (unpaired) electrons. The summed E-state index contributed by atoms with van der Waals surface area (Å²) in [6.07, 6.45) is 0. The van der Waals surface area contributed by atoms with Crippen molar-refractivity contribution < 1.29 is 50.1 Å². The Morgan fingerprint density at radius 1 is 0.545 bits per heavy atom. The second kappa shape index (κ2) is 15.3. The van der Waals surface area contributed by atoms with Gasteiger partial charge in [0.15, 0.2) is 0 Å². The van der Waals surface area contributed by atoms with Gasteiger partial charge in [0.05, 0.1) is 0 Å². The number of carboxylic acid groups (broad SMARTS) is 3. The molecule has 10 heteroatoms. The summed E-state index contributed by atoms with van der Waals surface area (Å²) in [4.78, 5) is 30.8. The zero-order valence-corrected chi connectivity index (χ0v) is 17.5. The molecule has 0 aliphatic heterocycles. The lowest BCUT2D eigenvalue weighted by Crippen LogP contribution is -1.95. The average Bonchev–Trinajstić information content (AvgIpc) is 2.75. The van der Waals surface area contributed by atoms with E-state index < -0.39 is 17.9 Å². The maximum absolute atomic E-state index is 10.3. The van der Waals surface area contributed by atoms with Crippen LogP contribution in [0.1, 0.15) is 38.0 Å². The van der Waals surface area contributed by atoms with Gasteiger partial charge in [0.25, 0.3) is 0 Å². The maximum Gasteiger partial charge on any atom is 0.339 e. The number of hydrogen-bond donors (Lipinski definition) is 7. The Balaban J connectivity index is 0.000000439. The van der Waals surface area contributed by atoms with Crippen molar-refractivity contribution in [2.45, 2.75) is 6.92 Å². The highest BCUT2D eigenvalue weighted by atomic mass is 16.4. The second-order valence-corrected chi connectivity index (χ2v) is 5.78. The lowest BCUT2D eigenvalue weighted by molar-refractivity contribution is 0.0682. The number of aliphatic hydroxyl groups is 1. The molecule has 0 fully saturated rings. The van der Waals surface area contributed by atoms with Crippen molar-refractivity contribution in [3.63, 3.8) is 0 Å². The number of aromatic carboxylic acids is 3. The summed E-state index contributed by atoms with van der Waals surface area (Å²) in [7, 11) is 0. The molecule has 0 atom stereocenters. The molecule has 0 unspecified atom stereocenters. The van der Waals surface area contributed by atoms with Gasteiger partial charge in [0.2, 0.25) is 0 Å². The van der Waals surface area contributed by atoms with Crippen LogP contribution in [0, 0.1) is 0 Å². The topological polar surface area (TPSA) is 193 Å². The van der Waals surface area contributed by atoms with Crippen LogP contribution in [-0.2, 0) is 0 Å². The highest BCUT2D eigenvalue weighted by Gasteiger charge is 2.07. The molecule has 0 saturated heterocycles. The van der Waals surface area contributed by atoms with Crippen molar-refractivity contribution >= 4 is 17.9 Å². The number of aliphatic hydroxyl groups excluding tert-OH is 1. The van der Waals surface area contributed by atoms with E-state index in [1.165, 1.54) is 36.4 Å². The van der Waals surface area contributed by atoms with Gasteiger partial charge in [-0.15, -0.1) is 0 Å². The largest absolute Gasteiger partial charge is 0.507 e. The minimum absolute atomic E-state index is 0.0671. The van der Waals surface area contributed by atoms with Gasteiger partial charge in [-0.3, -0.25) is 0 Å². The van der Waals surface area contributed by atoms with Crippen LogP contribution in [0.4, 0.5) is 0 Å². The van der Waals surface area contributed by atoms with E-state index in [4.69, 9.17) is 35.7 Å². The first-order valence-electron chi connectivity index (χ1n) is 9.21. The molecule has 7 N–H and O–H groups in total. The second-order valence-electron chi connectivity index (χ2n) is 5.78. The minimum Gasteiger partial charge on any atom is -0.507 e. The van der Waals surface area contributed by atoms with Gasteiger partial charge >= 0.3 is 17.9 Å². The molecule has 0 heterocycles. The quantitative estimate of drug-likeness (QED) is 0.305. The summed E-state index contributed by atoms with van der Waals surface area (Å²) in [5, 5.41) is 59.5. The smallest absolute Gasteiger partial charge is 0.339 e. The normalized spacial score (nSPS) is 8.91. The molecular weight excluding hydrogens is 436 g/mol. The molecule has 3 aromatic carbocycles. The highest BCUT2D eigenvalue weighted by Crippen LogP contribution is 2.15. The Hall–Kier alpha value is -4.57. The summed E-state index contributed by atoms with van der Waals surface area (Å²) in [6, 6.07) is 17.4. The van der Waals surface area contributed by atoms with Crippen LogP contribution in [0.2, 0.25) is 0 Å². The third kappa shape index (κ3) is 10.9. The minimum atomic E-state index is -1.11. The van der Waals surface area contributed by atoms with Crippen molar-refractivity contribution in [1.82, 2.24) is 0 Å². The molecule has 0 aromatic heterocycles. The van der Waals surface area contributed by atoms with Crippen LogP contribution >= 0.6 is 0 Å². The summed E-state index contributed by atoms with van der Waals surface area (Å²) in [5.41, 5.74) is -0.201. The fourth-order valence-corrected chi connectivity index (χ4v) is 1.96. The number of carboxylic acids is 3. The van der Waals surface area contributed by atoms with Crippen LogP contribution in [0.3, 0.4) is 0 Å². The summed E-state index contributed by atoms with van der Waals surface area (Å²) >= 11 is 0. The van der Waals surface area contributed by atoms with Crippen LogP contribution < -0.4 is 0 Å². The van der Waals surface area contributed by atoms with E-state index in [1.807, 2.05) is 0 Å². The van der Waals surface area contributed by atoms with Crippen molar-refractivity contribution in [3.05, 3.63) is 89.5 Å². The van der Waals surface area contributed by atoms with Gasteiger partial charge in [0.1, 0.15) is 33.9 Å². The highest BCUT2D eigenvalue weighted by molar-refractivity contribution is 5.91. The third-order valence-electron chi connectivity index (χ3n) is 3.40. The van der Waals surface area contributed by atoms with Gasteiger partial charge < -0.3 is 35.7 Å². The molecule has 0 aliphatic rings. The summed E-state index contributed by atoms with van der Waals surface area (Å²) in [6.45, 7) is 1.93. The summed E-state index contributed by atoms with van der Waals surface area (Å²) < 4.78 is 0. The zero-order valence-electron chi connectivity index (χ0n) is 17.5. The van der Waals surface area contributed by atoms with E-state index in [2.05, 4.69) is 0 Å². The fraction of sp³-hybridized carbons (Fsp3) is 0.0870. The van der Waals surface area contributed by atoms with Crippen molar-refractivity contribution in [3.8, 4) is 17.2 Å². The van der Waals surface area contributed by atoms with E-state index >= 15 is 0 Å². The molecule has 0 bridgehead atoms. The fourth-order valence-electron chi connectivity index (χ4n) is 1.96. The van der Waals surface area contributed by atoms with E-state index in [0.717, 1.165) is 0 Å². The number of rotatable bonds is 3. The first-order chi connectivity index (χ1) is 15.6. The Morgan fingerprint density at radius 2 is 0.727 bits per heavy atom. The lowest BCUT2D eigenvalue weighted by Gasteiger charge is -1.95. The van der Waals surface area contributed by atoms with E-state index in [0.29, 0.717) is 0 Å². The van der Waals surface area contributed by atoms with Crippen LogP contribution in [0.25, 0.3) is 0 Å². The van der Waals surface area contributed by atoms with Gasteiger partial charge in [-0.2, -0.15) is 0 Å². The predicted molar refractivity (Wildman–Crippen MR) is 118 cm³/mol. The first-order valence-corrected chi connectivity index (χ1v) is 9.21. The molecule has 176 valence electrons. The maximum atomic E-state index is 10.3. The number of carbonyl (C=O) groups is 3. The molecule has 0 amide bonds. The molecule has 3 rings (SSSR count). The Labute approximate surface area is 188 Å². The van der Waals surface area contributed by atoms with E-state index in [9.17, 15) is 14.4 Å². The first kappa shape index (κ1) is 28.4. The van der Waals surface area contributed by atoms with Crippen molar-refractivity contribution in [2.24, 2.45) is 0 Å². The Bertz CT molecular complexity index is 915. The molecule has 10 nitrogen and oxygen atoms in total. The molecule has 0 saturated carbocycles. The Kier molecular flexibility index (Phi) is 13.2. The van der Waals surface area contributed by atoms with Crippen LogP contribution in [0.5, 0.6) is 17.2 Å². The van der Waals surface area contributed by atoms with Crippen molar-refractivity contribution in [1.29, 1.82) is 0 Å². The number of benzene rings is 3. The van der Waals surface area contributed by atoms with E-state index in [1.54, 1.807) is 43.3 Å². The predicted octanol–water partition coefficient (Wildman–Crippen LogP) is 3.27. The monoisotopic (exact) mass is 460 g/mol. The van der Waals surface area contributed by atoms with Gasteiger partial charge in [-0.25, -0.2) is 14.4 Å². The molecule has 0 spiro atoms. The molecule has 0 aliphatic carbocycles.